The lowest BCUT2D eigenvalue weighted by Gasteiger charge is -2.24. The first kappa shape index (κ1) is 18.4. The Bertz CT molecular complexity index is 919. The largest absolute Gasteiger partial charge is 0.495 e. The van der Waals surface area contributed by atoms with Gasteiger partial charge in [0, 0.05) is 5.39 Å². The first-order valence-electron chi connectivity index (χ1n) is 9.72. The van der Waals surface area contributed by atoms with Crippen molar-refractivity contribution in [2.75, 3.05) is 0 Å². The minimum atomic E-state index is -1.53. The molecule has 3 aliphatic rings. The molecule has 1 amide bonds. The third-order valence-electron chi connectivity index (χ3n) is 5.89. The summed E-state index contributed by atoms with van der Waals surface area (Å²) in [7, 11) is -0.770. The van der Waals surface area contributed by atoms with E-state index in [1.165, 1.54) is 0 Å². The van der Waals surface area contributed by atoms with E-state index in [9.17, 15) is 9.00 Å². The number of fused-ring (bicyclic) bond motifs is 3. The van der Waals surface area contributed by atoms with Crippen LogP contribution in [0.15, 0.2) is 34.9 Å². The van der Waals surface area contributed by atoms with Gasteiger partial charge in [-0.25, -0.2) is 4.21 Å². The van der Waals surface area contributed by atoms with Crippen LogP contribution in [0.4, 0.5) is 0 Å². The minimum absolute atomic E-state index is 0.00104. The van der Waals surface area contributed by atoms with Gasteiger partial charge in [0.25, 0.3) is 0 Å². The number of rotatable bonds is 5. The quantitative estimate of drug-likeness (QED) is 0.770. The summed E-state index contributed by atoms with van der Waals surface area (Å²) >= 11 is -1.53. The van der Waals surface area contributed by atoms with Crippen LogP contribution < -0.4 is 5.32 Å². The number of hydrogen-bond acceptors (Lipinski definition) is 6. The number of amides is 1. The van der Waals surface area contributed by atoms with Gasteiger partial charge < -0.3 is 23.2 Å². The molecule has 9 heteroatoms. The molecular weight excluding hydrogens is 381 g/mol. The number of furan rings is 1. The van der Waals surface area contributed by atoms with Crippen molar-refractivity contribution in [3.63, 3.8) is 0 Å². The molecule has 2 aromatic rings. The molecule has 3 fully saturated rings. The number of para-hydroxylation sites is 1. The van der Waals surface area contributed by atoms with Crippen molar-refractivity contribution in [2.24, 2.45) is 5.92 Å². The predicted molar refractivity (Wildman–Crippen MR) is 103 cm³/mol. The molecule has 7 nitrogen and oxygen atoms in total. The second-order valence-electron chi connectivity index (χ2n) is 7.72. The molecule has 6 atom stereocenters. The Morgan fingerprint density at radius 3 is 2.93 bits per heavy atom. The topological polar surface area (TPSA) is 87.0 Å². The lowest BCUT2D eigenvalue weighted by Crippen LogP contribution is -2.51. The molecule has 148 valence electrons. The molecule has 0 saturated carbocycles. The fraction of sp³-hybridized carbons (Fsp3) is 0.526. The molecule has 28 heavy (non-hydrogen) atoms. The van der Waals surface area contributed by atoms with E-state index in [0.717, 1.165) is 35.8 Å². The van der Waals surface area contributed by atoms with E-state index < -0.39 is 29.6 Å². The normalized spacial score (nSPS) is 32.9. The maximum Gasteiger partial charge on any atom is 0.495 e. The summed E-state index contributed by atoms with van der Waals surface area (Å²) in [5.41, 5.74) is 1.20. The van der Waals surface area contributed by atoms with Crippen molar-refractivity contribution in [1.29, 1.82) is 0 Å². The van der Waals surface area contributed by atoms with Crippen LogP contribution >= 0.6 is 0 Å². The smallest absolute Gasteiger partial charge is 0.464 e. The third-order valence-corrected chi connectivity index (χ3v) is 6.92. The average molecular weight is 403 g/mol. The SMILES string of the molecule is CC1OB(C(Cc2coc3ccccc23)NC(=O)C2CC3CCC2O3)OS1=O. The van der Waals surface area contributed by atoms with Crippen LogP contribution in [0.2, 0.25) is 0 Å². The molecule has 0 aliphatic carbocycles. The zero-order valence-electron chi connectivity index (χ0n) is 15.5. The van der Waals surface area contributed by atoms with Gasteiger partial charge in [-0.1, -0.05) is 18.2 Å². The van der Waals surface area contributed by atoms with E-state index >= 15 is 0 Å². The van der Waals surface area contributed by atoms with E-state index in [2.05, 4.69) is 5.32 Å². The number of carbonyl (C=O) groups excluding carboxylic acids is 1. The van der Waals surface area contributed by atoms with Gasteiger partial charge in [0.05, 0.1) is 30.3 Å². The fourth-order valence-electron chi connectivity index (χ4n) is 4.44. The lowest BCUT2D eigenvalue weighted by atomic mass is 9.74. The van der Waals surface area contributed by atoms with Gasteiger partial charge in [0.1, 0.15) is 11.0 Å². The van der Waals surface area contributed by atoms with Crippen molar-refractivity contribution in [3.05, 3.63) is 36.1 Å². The Labute approximate surface area is 165 Å². The molecule has 3 aliphatic heterocycles. The highest BCUT2D eigenvalue weighted by Crippen LogP contribution is 2.39. The van der Waals surface area contributed by atoms with Crippen molar-refractivity contribution < 1.29 is 26.9 Å². The Morgan fingerprint density at radius 2 is 2.21 bits per heavy atom. The van der Waals surface area contributed by atoms with Crippen molar-refractivity contribution in [3.8, 4) is 0 Å². The molecule has 1 N–H and O–H groups in total. The number of benzene rings is 1. The van der Waals surface area contributed by atoms with Gasteiger partial charge in [-0.3, -0.25) is 4.79 Å². The summed E-state index contributed by atoms with van der Waals surface area (Å²) in [5.74, 6) is -0.671. The Balaban J connectivity index is 1.37. The summed E-state index contributed by atoms with van der Waals surface area (Å²) in [6.45, 7) is 1.70. The molecule has 3 saturated heterocycles. The van der Waals surface area contributed by atoms with Crippen LogP contribution in [0, 0.1) is 5.92 Å². The molecule has 0 radical (unpaired) electrons. The molecular formula is C19H22BNO6S. The Hall–Kier alpha value is -1.68. The molecule has 0 spiro atoms. The first-order valence-corrected chi connectivity index (χ1v) is 10.9. The van der Waals surface area contributed by atoms with Crippen molar-refractivity contribution in [1.82, 2.24) is 5.32 Å². The summed E-state index contributed by atoms with van der Waals surface area (Å²) in [6, 6.07) is 7.74. The van der Waals surface area contributed by atoms with E-state index in [1.807, 2.05) is 24.3 Å². The standard InChI is InChI=1S/C19H22BNO6S/c1-11-26-20(27-28(11)23)18(8-12-10-24-16-5-3-2-4-14(12)16)21-19(22)15-9-13-6-7-17(15)25-13/h2-5,10-11,13,15,17-18H,6-9H2,1H3,(H,21,22). The first-order chi connectivity index (χ1) is 13.6. The van der Waals surface area contributed by atoms with Gasteiger partial charge in [-0.15, -0.1) is 0 Å². The summed E-state index contributed by atoms with van der Waals surface area (Å²) < 4.78 is 34.6. The molecule has 1 aromatic heterocycles. The second-order valence-corrected chi connectivity index (χ2v) is 9.10. The monoisotopic (exact) mass is 403 g/mol. The van der Waals surface area contributed by atoms with E-state index in [1.54, 1.807) is 13.2 Å². The predicted octanol–water partition coefficient (Wildman–Crippen LogP) is 2.11. The van der Waals surface area contributed by atoms with E-state index in [4.69, 9.17) is 17.9 Å². The van der Waals surface area contributed by atoms with Gasteiger partial charge in [0.2, 0.25) is 5.91 Å². The highest BCUT2D eigenvalue weighted by atomic mass is 32.2. The molecule has 4 heterocycles. The maximum absolute atomic E-state index is 13.0. The summed E-state index contributed by atoms with van der Waals surface area (Å²) in [4.78, 5) is 13.0. The zero-order valence-corrected chi connectivity index (χ0v) is 16.4. The molecule has 6 unspecified atom stereocenters. The zero-order chi connectivity index (χ0) is 19.3. The molecule has 1 aromatic carbocycles. The number of carbonyl (C=O) groups is 1. The number of nitrogens with one attached hydrogen (secondary N) is 1. The summed E-state index contributed by atoms with van der Waals surface area (Å²) in [6.07, 6.45) is 5.06. The highest BCUT2D eigenvalue weighted by Gasteiger charge is 2.47. The number of hydrogen-bond donors (Lipinski definition) is 1. The molecule has 5 rings (SSSR count). The average Bonchev–Trinajstić information content (AvgIpc) is 3.47. The van der Waals surface area contributed by atoms with Crippen LogP contribution in [0.1, 0.15) is 31.7 Å². The van der Waals surface area contributed by atoms with Crippen molar-refractivity contribution in [2.45, 2.75) is 56.2 Å². The third kappa shape index (κ3) is 3.30. The summed E-state index contributed by atoms with van der Waals surface area (Å²) in [5, 5.41) is 4.07. The Morgan fingerprint density at radius 1 is 1.36 bits per heavy atom. The van der Waals surface area contributed by atoms with E-state index in [-0.39, 0.29) is 24.0 Å². The van der Waals surface area contributed by atoms with Crippen LogP contribution in [0.3, 0.4) is 0 Å². The fourth-order valence-corrected chi connectivity index (χ4v) is 5.16. The van der Waals surface area contributed by atoms with Gasteiger partial charge in [0.15, 0.2) is 11.1 Å². The van der Waals surface area contributed by atoms with E-state index in [0.29, 0.717) is 6.42 Å². The van der Waals surface area contributed by atoms with Gasteiger partial charge >= 0.3 is 7.12 Å². The maximum atomic E-state index is 13.0. The number of ether oxygens (including phenoxy) is 1. The van der Waals surface area contributed by atoms with Gasteiger partial charge in [-0.05, 0) is 44.2 Å². The van der Waals surface area contributed by atoms with Crippen LogP contribution in [-0.2, 0) is 35.8 Å². The Kier molecular flexibility index (Phi) is 4.78. The van der Waals surface area contributed by atoms with Gasteiger partial charge in [-0.2, -0.15) is 0 Å². The molecule has 2 bridgehead atoms. The highest BCUT2D eigenvalue weighted by molar-refractivity contribution is 7.82. The van der Waals surface area contributed by atoms with Crippen LogP contribution in [0.5, 0.6) is 0 Å². The minimum Gasteiger partial charge on any atom is -0.464 e. The second kappa shape index (κ2) is 7.29. The lowest BCUT2D eigenvalue weighted by molar-refractivity contribution is -0.126. The van der Waals surface area contributed by atoms with Crippen LogP contribution in [-0.4, -0.2) is 40.8 Å². The van der Waals surface area contributed by atoms with Crippen LogP contribution in [0.25, 0.3) is 11.0 Å². The van der Waals surface area contributed by atoms with Crippen molar-refractivity contribution >= 4 is 35.1 Å².